The van der Waals surface area contributed by atoms with Crippen molar-refractivity contribution in [2.24, 2.45) is 18.7 Å². The summed E-state index contributed by atoms with van der Waals surface area (Å²) in [4.78, 5) is 25.6. The summed E-state index contributed by atoms with van der Waals surface area (Å²) in [6.07, 6.45) is 1.61. The Kier molecular flexibility index (Phi) is 4.89. The monoisotopic (exact) mass is 321 g/mol. The van der Waals surface area contributed by atoms with E-state index >= 15 is 0 Å². The smallest absolute Gasteiger partial charge is 0.369 e. The van der Waals surface area contributed by atoms with Gasteiger partial charge in [-0.1, -0.05) is 12.1 Å². The van der Waals surface area contributed by atoms with Gasteiger partial charge in [0, 0.05) is 13.6 Å². The lowest BCUT2D eigenvalue weighted by Crippen LogP contribution is -2.31. The average molecular weight is 321 g/mol. The van der Waals surface area contributed by atoms with Gasteiger partial charge < -0.3 is 21.2 Å². The van der Waals surface area contributed by atoms with Crippen LogP contribution in [0.3, 0.4) is 0 Å². The van der Waals surface area contributed by atoms with Gasteiger partial charge in [0.05, 0.1) is 5.92 Å². The molecule has 0 saturated carbocycles. The highest BCUT2D eigenvalue weighted by Gasteiger charge is 2.22. The SMILES string of the molecule is Cn1cnc([N+](=O)[O-])c1NCC(Cc1ccc(F)cc1)C(N)=O. The number of amides is 1. The van der Waals surface area contributed by atoms with Crippen molar-refractivity contribution < 1.29 is 14.1 Å². The van der Waals surface area contributed by atoms with Crippen molar-refractivity contribution in [3.63, 3.8) is 0 Å². The van der Waals surface area contributed by atoms with Crippen LogP contribution in [0, 0.1) is 21.8 Å². The van der Waals surface area contributed by atoms with Crippen molar-refractivity contribution in [1.29, 1.82) is 0 Å². The molecule has 1 heterocycles. The highest BCUT2D eigenvalue weighted by atomic mass is 19.1. The van der Waals surface area contributed by atoms with E-state index in [0.29, 0.717) is 6.42 Å². The molecule has 0 bridgehead atoms. The molecule has 1 aromatic carbocycles. The summed E-state index contributed by atoms with van der Waals surface area (Å²) in [5.41, 5.74) is 6.13. The summed E-state index contributed by atoms with van der Waals surface area (Å²) in [6.45, 7) is 0.104. The molecule has 1 aromatic heterocycles. The number of nitrogens with one attached hydrogen (secondary N) is 1. The number of hydrogen-bond donors (Lipinski definition) is 2. The molecule has 23 heavy (non-hydrogen) atoms. The quantitative estimate of drug-likeness (QED) is 0.587. The van der Waals surface area contributed by atoms with E-state index in [0.717, 1.165) is 5.56 Å². The number of halogens is 1. The number of hydrogen-bond acceptors (Lipinski definition) is 5. The maximum atomic E-state index is 12.9. The zero-order chi connectivity index (χ0) is 17.0. The van der Waals surface area contributed by atoms with Gasteiger partial charge in [-0.25, -0.2) is 4.39 Å². The van der Waals surface area contributed by atoms with Crippen LogP contribution in [-0.4, -0.2) is 26.9 Å². The lowest BCUT2D eigenvalue weighted by molar-refractivity contribution is -0.388. The van der Waals surface area contributed by atoms with Gasteiger partial charge in [0.25, 0.3) is 0 Å². The molecular weight excluding hydrogens is 305 g/mol. The lowest BCUT2D eigenvalue weighted by Gasteiger charge is -2.15. The minimum Gasteiger partial charge on any atom is -0.369 e. The molecule has 0 aliphatic rings. The van der Waals surface area contributed by atoms with Crippen molar-refractivity contribution in [2.45, 2.75) is 6.42 Å². The van der Waals surface area contributed by atoms with Crippen molar-refractivity contribution >= 4 is 17.5 Å². The Morgan fingerprint density at radius 1 is 1.48 bits per heavy atom. The first-order valence-electron chi connectivity index (χ1n) is 6.82. The number of aromatic nitrogens is 2. The zero-order valence-corrected chi connectivity index (χ0v) is 12.4. The highest BCUT2D eigenvalue weighted by Crippen LogP contribution is 2.21. The number of primary amides is 1. The maximum Gasteiger partial charge on any atom is 0.406 e. The van der Waals surface area contributed by atoms with Crippen LogP contribution in [0.4, 0.5) is 16.0 Å². The van der Waals surface area contributed by atoms with E-state index < -0.39 is 16.7 Å². The van der Waals surface area contributed by atoms with Crippen LogP contribution in [0.25, 0.3) is 0 Å². The fraction of sp³-hybridized carbons (Fsp3) is 0.286. The first-order chi connectivity index (χ1) is 10.9. The topological polar surface area (TPSA) is 116 Å². The second-order valence-corrected chi connectivity index (χ2v) is 5.10. The first kappa shape index (κ1) is 16.4. The van der Waals surface area contributed by atoms with Gasteiger partial charge in [-0.3, -0.25) is 9.36 Å². The number of aryl methyl sites for hydroxylation is 1. The molecule has 0 aliphatic heterocycles. The molecule has 8 nitrogen and oxygen atoms in total. The normalized spacial score (nSPS) is 11.9. The van der Waals surface area contributed by atoms with Crippen LogP contribution >= 0.6 is 0 Å². The molecular formula is C14H16FN5O3. The van der Waals surface area contributed by atoms with Gasteiger partial charge >= 0.3 is 5.82 Å². The largest absolute Gasteiger partial charge is 0.406 e. The molecule has 0 spiro atoms. The van der Waals surface area contributed by atoms with E-state index in [1.807, 2.05) is 0 Å². The van der Waals surface area contributed by atoms with E-state index in [1.165, 1.54) is 23.0 Å². The highest BCUT2D eigenvalue weighted by molar-refractivity contribution is 5.77. The molecule has 1 atom stereocenters. The number of imidazole rings is 1. The maximum absolute atomic E-state index is 12.9. The van der Waals surface area contributed by atoms with Gasteiger partial charge in [0.1, 0.15) is 5.82 Å². The lowest BCUT2D eigenvalue weighted by atomic mass is 9.98. The minimum atomic E-state index is -0.610. The predicted octanol–water partition coefficient (Wildman–Crippen LogP) is 1.22. The van der Waals surface area contributed by atoms with E-state index in [-0.39, 0.29) is 24.0 Å². The molecule has 2 aromatic rings. The molecule has 3 N–H and O–H groups in total. The number of carbonyl (C=O) groups is 1. The first-order valence-corrected chi connectivity index (χ1v) is 6.82. The minimum absolute atomic E-state index is 0.104. The number of nitrogens with two attached hydrogens (primary N) is 1. The second kappa shape index (κ2) is 6.86. The van der Waals surface area contributed by atoms with Crippen molar-refractivity contribution in [2.75, 3.05) is 11.9 Å². The molecule has 2 rings (SSSR count). The molecule has 0 saturated heterocycles. The Bertz CT molecular complexity index is 714. The fourth-order valence-corrected chi connectivity index (χ4v) is 2.15. The van der Waals surface area contributed by atoms with Crippen molar-refractivity contribution in [3.8, 4) is 0 Å². The fourth-order valence-electron chi connectivity index (χ4n) is 2.15. The van der Waals surface area contributed by atoms with Crippen LogP contribution in [-0.2, 0) is 18.3 Å². The standard InChI is InChI=1S/C14H16FN5O3/c1-19-8-18-14(20(22)23)13(19)17-7-10(12(16)21)6-9-2-4-11(15)5-3-9/h2-5,8,10,17H,6-7H2,1H3,(H2,16,21). The predicted molar refractivity (Wildman–Crippen MR) is 81.1 cm³/mol. The zero-order valence-electron chi connectivity index (χ0n) is 12.4. The molecule has 1 unspecified atom stereocenters. The molecule has 0 radical (unpaired) electrons. The summed E-state index contributed by atoms with van der Waals surface area (Å²) >= 11 is 0. The van der Waals surface area contributed by atoms with Gasteiger partial charge in [0.2, 0.25) is 18.1 Å². The molecule has 9 heteroatoms. The Labute approximate surface area is 131 Å². The molecule has 0 fully saturated rings. The number of benzene rings is 1. The van der Waals surface area contributed by atoms with Gasteiger partial charge in [-0.15, -0.1) is 0 Å². The Balaban J connectivity index is 2.09. The Hall–Kier alpha value is -2.97. The third kappa shape index (κ3) is 4.02. The summed E-state index contributed by atoms with van der Waals surface area (Å²) in [5.74, 6) is -1.65. The van der Waals surface area contributed by atoms with Gasteiger partial charge in [-0.05, 0) is 34.0 Å². The van der Waals surface area contributed by atoms with Crippen molar-refractivity contribution in [3.05, 3.63) is 52.1 Å². The number of nitrogens with zero attached hydrogens (tertiary/aromatic N) is 3. The number of rotatable bonds is 7. The van der Waals surface area contributed by atoms with Crippen LogP contribution in [0.15, 0.2) is 30.6 Å². The summed E-state index contributed by atoms with van der Waals surface area (Å²) in [7, 11) is 1.60. The number of nitro groups is 1. The summed E-state index contributed by atoms with van der Waals surface area (Å²) in [6, 6.07) is 5.73. The summed E-state index contributed by atoms with van der Waals surface area (Å²) < 4.78 is 14.4. The average Bonchev–Trinajstić information content (AvgIpc) is 2.86. The van der Waals surface area contributed by atoms with Crippen LogP contribution in [0.1, 0.15) is 5.56 Å². The van der Waals surface area contributed by atoms with Gasteiger partial charge in [0.15, 0.2) is 0 Å². The second-order valence-electron chi connectivity index (χ2n) is 5.10. The van der Waals surface area contributed by atoms with E-state index in [1.54, 1.807) is 19.2 Å². The third-order valence-corrected chi connectivity index (χ3v) is 3.40. The van der Waals surface area contributed by atoms with E-state index in [4.69, 9.17) is 5.73 Å². The van der Waals surface area contributed by atoms with E-state index in [2.05, 4.69) is 10.3 Å². The van der Waals surface area contributed by atoms with E-state index in [9.17, 15) is 19.3 Å². The summed E-state index contributed by atoms with van der Waals surface area (Å²) in [5, 5.41) is 13.7. The van der Waals surface area contributed by atoms with Crippen LogP contribution in [0.5, 0.6) is 0 Å². The van der Waals surface area contributed by atoms with Gasteiger partial charge in [-0.2, -0.15) is 0 Å². The van der Waals surface area contributed by atoms with Crippen molar-refractivity contribution in [1.82, 2.24) is 9.55 Å². The Morgan fingerprint density at radius 3 is 2.70 bits per heavy atom. The molecule has 1 amide bonds. The third-order valence-electron chi connectivity index (χ3n) is 3.40. The molecule has 0 aliphatic carbocycles. The number of carbonyl (C=O) groups excluding carboxylic acids is 1. The molecule has 122 valence electrons. The Morgan fingerprint density at radius 2 is 2.13 bits per heavy atom. The van der Waals surface area contributed by atoms with Crippen LogP contribution in [0.2, 0.25) is 0 Å². The number of anilines is 1. The van der Waals surface area contributed by atoms with Crippen LogP contribution < -0.4 is 11.1 Å².